The maximum atomic E-state index is 13.3. The number of alkyl halides is 1. The Bertz CT molecular complexity index is 1340. The van der Waals surface area contributed by atoms with Crippen molar-refractivity contribution in [2.24, 2.45) is 0 Å². The van der Waals surface area contributed by atoms with Crippen LogP contribution in [0.25, 0.3) is 22.3 Å². The fourth-order valence-electron chi connectivity index (χ4n) is 4.23. The second-order valence-corrected chi connectivity index (χ2v) is 10.9. The van der Waals surface area contributed by atoms with Gasteiger partial charge in [0.15, 0.2) is 9.84 Å². The first-order chi connectivity index (χ1) is 15.6. The number of sulfone groups is 1. The van der Waals surface area contributed by atoms with Crippen molar-refractivity contribution in [3.05, 3.63) is 42.1 Å². The fraction of sp³-hybridized carbons (Fsp3) is 0.409. The molecule has 3 aromatic rings. The topological polar surface area (TPSA) is 112 Å². The quantitative estimate of drug-likeness (QED) is 0.583. The molecule has 0 spiro atoms. The standard InChI is InChI=1S/C22H23FN4O5S/c1-13(23)32-17-5-3-4-14(6-17)19-20-18(27(26-19)16-9-31-10-16)7-15(8-24-20)21(28)25-22(2)11-33(29,30)12-22/h3-8,13,16H,9-12H2,1-2H3,(H,25,28). The smallest absolute Gasteiger partial charge is 0.253 e. The SMILES string of the molecule is CC(F)Oc1cccc(-c2nn(C3COC3)c3cc(C(=O)NC4(C)CS(=O)(=O)C4)cnc23)c1. The first-order valence-electron chi connectivity index (χ1n) is 10.5. The van der Waals surface area contributed by atoms with E-state index in [9.17, 15) is 17.6 Å². The highest BCUT2D eigenvalue weighted by Gasteiger charge is 2.45. The van der Waals surface area contributed by atoms with Gasteiger partial charge in [0.25, 0.3) is 5.91 Å². The summed E-state index contributed by atoms with van der Waals surface area (Å²) in [6, 6.07) is 8.64. The molecule has 2 saturated heterocycles. The van der Waals surface area contributed by atoms with Gasteiger partial charge in [0.05, 0.1) is 47.4 Å². The summed E-state index contributed by atoms with van der Waals surface area (Å²) < 4.78 is 48.7. The molecular formula is C22H23FN4O5S. The van der Waals surface area contributed by atoms with E-state index in [1.54, 1.807) is 35.9 Å². The van der Waals surface area contributed by atoms with Crippen molar-refractivity contribution in [1.82, 2.24) is 20.1 Å². The number of hydrogen-bond acceptors (Lipinski definition) is 7. The van der Waals surface area contributed by atoms with Crippen molar-refractivity contribution in [2.45, 2.75) is 31.8 Å². The lowest BCUT2D eigenvalue weighted by molar-refractivity contribution is -0.0265. The summed E-state index contributed by atoms with van der Waals surface area (Å²) in [5.41, 5.74) is 2.05. The molecule has 1 atom stereocenters. The van der Waals surface area contributed by atoms with E-state index in [-0.39, 0.29) is 17.5 Å². The zero-order valence-corrected chi connectivity index (χ0v) is 18.9. The summed E-state index contributed by atoms with van der Waals surface area (Å²) in [5.74, 6) is -0.192. The Labute approximate surface area is 189 Å². The molecule has 9 nitrogen and oxygen atoms in total. The molecule has 1 N–H and O–H groups in total. The number of rotatable bonds is 6. The largest absolute Gasteiger partial charge is 0.461 e. The van der Waals surface area contributed by atoms with Crippen molar-refractivity contribution in [3.63, 3.8) is 0 Å². The van der Waals surface area contributed by atoms with Gasteiger partial charge in [-0.05, 0) is 25.1 Å². The Morgan fingerprint density at radius 2 is 2.09 bits per heavy atom. The molecule has 0 saturated carbocycles. The Kier molecular flexibility index (Phi) is 5.13. The summed E-state index contributed by atoms with van der Waals surface area (Å²) in [5, 5.41) is 7.54. The molecule has 4 heterocycles. The maximum Gasteiger partial charge on any atom is 0.253 e. The Hall–Kier alpha value is -3.05. The predicted octanol–water partition coefficient (Wildman–Crippen LogP) is 2.28. The minimum Gasteiger partial charge on any atom is -0.461 e. The van der Waals surface area contributed by atoms with Crippen molar-refractivity contribution in [2.75, 3.05) is 24.7 Å². The number of fused-ring (bicyclic) bond motifs is 1. The van der Waals surface area contributed by atoms with E-state index < -0.39 is 27.6 Å². The van der Waals surface area contributed by atoms with Gasteiger partial charge in [0, 0.05) is 18.7 Å². The summed E-state index contributed by atoms with van der Waals surface area (Å²) in [4.78, 5) is 17.4. The van der Waals surface area contributed by atoms with Gasteiger partial charge in [0.1, 0.15) is 17.0 Å². The second-order valence-electron chi connectivity index (χ2n) is 8.81. The number of carbonyl (C=O) groups excluding carboxylic acids is 1. The van der Waals surface area contributed by atoms with Crippen LogP contribution in [0.4, 0.5) is 4.39 Å². The lowest BCUT2D eigenvalue weighted by Gasteiger charge is -2.38. The molecule has 0 aliphatic carbocycles. The number of pyridine rings is 1. The molecule has 1 aromatic carbocycles. The Balaban J connectivity index is 1.52. The first kappa shape index (κ1) is 21.8. The second kappa shape index (κ2) is 7.77. The molecule has 0 bridgehead atoms. The molecule has 5 rings (SSSR count). The number of aromatic nitrogens is 3. The molecule has 33 heavy (non-hydrogen) atoms. The molecule has 2 aliphatic heterocycles. The van der Waals surface area contributed by atoms with E-state index in [0.717, 1.165) is 0 Å². The van der Waals surface area contributed by atoms with E-state index in [1.165, 1.54) is 13.1 Å². The highest BCUT2D eigenvalue weighted by atomic mass is 32.2. The van der Waals surface area contributed by atoms with Crippen molar-refractivity contribution in [1.29, 1.82) is 0 Å². The molecule has 1 amide bonds. The molecule has 2 aliphatic rings. The van der Waals surface area contributed by atoms with Gasteiger partial charge in [-0.3, -0.25) is 14.5 Å². The van der Waals surface area contributed by atoms with Crippen molar-refractivity contribution < 1.29 is 27.1 Å². The highest BCUT2D eigenvalue weighted by molar-refractivity contribution is 7.93. The molecule has 11 heteroatoms. The van der Waals surface area contributed by atoms with Gasteiger partial charge in [-0.15, -0.1) is 0 Å². The van der Waals surface area contributed by atoms with Crippen LogP contribution in [-0.2, 0) is 14.6 Å². The van der Waals surface area contributed by atoms with Gasteiger partial charge in [-0.2, -0.15) is 5.10 Å². The number of amides is 1. The lowest BCUT2D eigenvalue weighted by atomic mass is 10.1. The summed E-state index contributed by atoms with van der Waals surface area (Å²) in [6.45, 7) is 4.00. The summed E-state index contributed by atoms with van der Waals surface area (Å²) in [6.07, 6.45) is -0.00119. The number of ether oxygens (including phenoxy) is 2. The number of carbonyl (C=O) groups is 1. The third-order valence-electron chi connectivity index (χ3n) is 5.67. The van der Waals surface area contributed by atoms with Crippen LogP contribution in [0, 0.1) is 0 Å². The summed E-state index contributed by atoms with van der Waals surface area (Å²) >= 11 is 0. The molecule has 2 aromatic heterocycles. The minimum absolute atomic E-state index is 0.000880. The third kappa shape index (κ3) is 4.18. The number of nitrogens with zero attached hydrogens (tertiary/aromatic N) is 3. The van der Waals surface area contributed by atoms with Crippen LogP contribution in [0.3, 0.4) is 0 Å². The monoisotopic (exact) mass is 474 g/mol. The van der Waals surface area contributed by atoms with Crippen LogP contribution >= 0.6 is 0 Å². The normalized spacial score (nSPS) is 20.0. The van der Waals surface area contributed by atoms with Gasteiger partial charge >= 0.3 is 0 Å². The summed E-state index contributed by atoms with van der Waals surface area (Å²) in [7, 11) is -3.10. The number of hydrogen-bond donors (Lipinski definition) is 1. The van der Waals surface area contributed by atoms with E-state index in [4.69, 9.17) is 14.6 Å². The first-order valence-corrected chi connectivity index (χ1v) is 12.3. The van der Waals surface area contributed by atoms with Gasteiger partial charge in [0.2, 0.25) is 6.36 Å². The van der Waals surface area contributed by atoms with Crippen LogP contribution < -0.4 is 10.1 Å². The van der Waals surface area contributed by atoms with Crippen molar-refractivity contribution in [3.8, 4) is 17.0 Å². The number of halogens is 1. The molecule has 2 fully saturated rings. The average molecular weight is 475 g/mol. The van der Waals surface area contributed by atoms with E-state index in [2.05, 4.69) is 10.3 Å². The molecule has 1 unspecified atom stereocenters. The van der Waals surface area contributed by atoms with Gasteiger partial charge < -0.3 is 14.8 Å². The lowest BCUT2D eigenvalue weighted by Crippen LogP contribution is -2.63. The zero-order chi connectivity index (χ0) is 23.4. The minimum atomic E-state index is -3.10. The molecule has 174 valence electrons. The van der Waals surface area contributed by atoms with Crippen LogP contribution in [-0.4, -0.2) is 65.7 Å². The molecule has 0 radical (unpaired) electrons. The van der Waals surface area contributed by atoms with Crippen LogP contribution in [0.1, 0.15) is 30.2 Å². The van der Waals surface area contributed by atoms with Gasteiger partial charge in [-0.1, -0.05) is 12.1 Å². The number of nitrogens with one attached hydrogen (secondary N) is 1. The third-order valence-corrected chi connectivity index (χ3v) is 7.83. The van der Waals surface area contributed by atoms with Crippen LogP contribution in [0.5, 0.6) is 5.75 Å². The Morgan fingerprint density at radius 1 is 1.33 bits per heavy atom. The van der Waals surface area contributed by atoms with Crippen LogP contribution in [0.2, 0.25) is 0 Å². The van der Waals surface area contributed by atoms with Gasteiger partial charge in [-0.25, -0.2) is 12.8 Å². The maximum absolute atomic E-state index is 13.3. The zero-order valence-electron chi connectivity index (χ0n) is 18.1. The highest BCUT2D eigenvalue weighted by Crippen LogP contribution is 2.33. The van der Waals surface area contributed by atoms with E-state index in [1.807, 2.05) is 6.07 Å². The fourth-order valence-corrected chi connectivity index (χ4v) is 6.23. The predicted molar refractivity (Wildman–Crippen MR) is 119 cm³/mol. The van der Waals surface area contributed by atoms with E-state index in [0.29, 0.717) is 46.8 Å². The average Bonchev–Trinajstić information content (AvgIpc) is 3.03. The van der Waals surface area contributed by atoms with Crippen molar-refractivity contribution >= 4 is 26.8 Å². The molecular weight excluding hydrogens is 451 g/mol. The van der Waals surface area contributed by atoms with E-state index >= 15 is 0 Å². The number of benzene rings is 1. The van der Waals surface area contributed by atoms with Crippen LogP contribution in [0.15, 0.2) is 36.5 Å². The Morgan fingerprint density at radius 3 is 2.73 bits per heavy atom.